The van der Waals surface area contributed by atoms with Crippen LogP contribution in [0.5, 0.6) is 0 Å². The van der Waals surface area contributed by atoms with Crippen molar-refractivity contribution in [1.29, 1.82) is 0 Å². The molecular formula is C10H8Br3N3O. The predicted octanol–water partition coefficient (Wildman–Crippen LogP) is 4.17. The summed E-state index contributed by atoms with van der Waals surface area (Å²) in [4.78, 5) is 8.59. The standard InChI is InChI=1S/C10H8Br3N3O/c1-2-5-7(12)9(14)16-10(15-5)6-3-4(11)8(13)17-6/h3H,2H2,1H3,(H2,14,15,16). The summed E-state index contributed by atoms with van der Waals surface area (Å²) in [5.41, 5.74) is 6.67. The Morgan fingerprint density at radius 1 is 1.29 bits per heavy atom. The Bertz CT molecular complexity index is 549. The molecule has 2 heterocycles. The van der Waals surface area contributed by atoms with Crippen LogP contribution in [0.15, 0.2) is 24.1 Å². The van der Waals surface area contributed by atoms with Crippen LogP contribution in [0.25, 0.3) is 11.6 Å². The van der Waals surface area contributed by atoms with Gasteiger partial charge in [0.1, 0.15) is 5.82 Å². The summed E-state index contributed by atoms with van der Waals surface area (Å²) < 4.78 is 7.64. The van der Waals surface area contributed by atoms with E-state index in [0.29, 0.717) is 22.1 Å². The Balaban J connectivity index is 2.56. The highest BCUT2D eigenvalue weighted by molar-refractivity contribution is 9.13. The van der Waals surface area contributed by atoms with Gasteiger partial charge in [0.05, 0.1) is 14.6 Å². The number of nitrogens with two attached hydrogens (primary N) is 1. The van der Waals surface area contributed by atoms with Gasteiger partial charge in [0.2, 0.25) is 0 Å². The van der Waals surface area contributed by atoms with Gasteiger partial charge in [-0.2, -0.15) is 0 Å². The van der Waals surface area contributed by atoms with Crippen LogP contribution in [0.2, 0.25) is 0 Å². The van der Waals surface area contributed by atoms with Crippen LogP contribution in [-0.2, 0) is 6.42 Å². The number of aryl methyl sites for hydroxylation is 1. The Morgan fingerprint density at radius 3 is 2.53 bits per heavy atom. The lowest BCUT2D eigenvalue weighted by Crippen LogP contribution is -2.01. The zero-order chi connectivity index (χ0) is 12.6. The smallest absolute Gasteiger partial charge is 0.198 e. The fraction of sp³-hybridized carbons (Fsp3) is 0.200. The molecule has 0 aliphatic carbocycles. The van der Waals surface area contributed by atoms with Crippen LogP contribution in [0, 0.1) is 0 Å². The molecule has 0 fully saturated rings. The molecule has 0 radical (unpaired) electrons. The summed E-state index contributed by atoms with van der Waals surface area (Å²) in [5, 5.41) is 0. The highest BCUT2D eigenvalue weighted by Crippen LogP contribution is 2.33. The molecule has 2 aromatic heterocycles. The largest absolute Gasteiger partial charge is 0.445 e. The summed E-state index contributed by atoms with van der Waals surface area (Å²) in [6, 6.07) is 1.80. The molecule has 0 aliphatic rings. The molecule has 7 heteroatoms. The number of halogens is 3. The third-order valence-corrected chi connectivity index (χ3v) is 4.72. The molecule has 17 heavy (non-hydrogen) atoms. The first kappa shape index (κ1) is 13.0. The van der Waals surface area contributed by atoms with Crippen LogP contribution >= 0.6 is 47.8 Å². The predicted molar refractivity (Wildman–Crippen MR) is 76.6 cm³/mol. The highest BCUT2D eigenvalue weighted by Gasteiger charge is 2.14. The van der Waals surface area contributed by atoms with E-state index in [1.54, 1.807) is 6.07 Å². The van der Waals surface area contributed by atoms with Crippen LogP contribution in [0.4, 0.5) is 5.82 Å². The van der Waals surface area contributed by atoms with Crippen LogP contribution < -0.4 is 5.73 Å². The quantitative estimate of drug-likeness (QED) is 0.784. The van der Waals surface area contributed by atoms with Crippen LogP contribution in [-0.4, -0.2) is 9.97 Å². The number of rotatable bonds is 2. The van der Waals surface area contributed by atoms with Crippen molar-refractivity contribution in [3.05, 3.63) is 25.4 Å². The normalized spacial score (nSPS) is 10.8. The molecule has 0 aliphatic heterocycles. The van der Waals surface area contributed by atoms with E-state index >= 15 is 0 Å². The van der Waals surface area contributed by atoms with Gasteiger partial charge in [0.15, 0.2) is 16.3 Å². The molecule has 0 aromatic carbocycles. The van der Waals surface area contributed by atoms with Gasteiger partial charge in [-0.05, 0) is 54.2 Å². The summed E-state index contributed by atoms with van der Waals surface area (Å²) in [7, 11) is 0. The molecule has 90 valence electrons. The maximum absolute atomic E-state index is 5.82. The topological polar surface area (TPSA) is 64.9 Å². The van der Waals surface area contributed by atoms with E-state index in [4.69, 9.17) is 10.2 Å². The Morgan fingerprint density at radius 2 is 2.00 bits per heavy atom. The zero-order valence-corrected chi connectivity index (χ0v) is 13.6. The van der Waals surface area contributed by atoms with E-state index in [-0.39, 0.29) is 0 Å². The third-order valence-electron chi connectivity index (χ3n) is 2.15. The molecule has 0 saturated carbocycles. The molecule has 2 aromatic rings. The molecule has 0 saturated heterocycles. The van der Waals surface area contributed by atoms with E-state index in [2.05, 4.69) is 57.8 Å². The number of furan rings is 1. The Hall–Kier alpha value is -0.400. The SMILES string of the molecule is CCc1nc(-c2cc(Br)c(Br)o2)nc(N)c1Br. The maximum Gasteiger partial charge on any atom is 0.198 e. The van der Waals surface area contributed by atoms with Crippen molar-refractivity contribution in [3.8, 4) is 11.6 Å². The van der Waals surface area contributed by atoms with Crippen molar-refractivity contribution in [2.75, 3.05) is 5.73 Å². The number of nitrogen functional groups attached to an aromatic ring is 1. The van der Waals surface area contributed by atoms with Gasteiger partial charge in [-0.1, -0.05) is 6.92 Å². The van der Waals surface area contributed by atoms with Gasteiger partial charge in [0.25, 0.3) is 0 Å². The van der Waals surface area contributed by atoms with Crippen molar-refractivity contribution in [2.45, 2.75) is 13.3 Å². The minimum Gasteiger partial charge on any atom is -0.445 e. The second-order valence-corrected chi connectivity index (χ2v) is 5.65. The van der Waals surface area contributed by atoms with Crippen molar-refractivity contribution >= 4 is 53.6 Å². The molecule has 0 bridgehead atoms. The summed E-state index contributed by atoms with van der Waals surface area (Å²) in [5.74, 6) is 1.46. The van der Waals surface area contributed by atoms with Gasteiger partial charge in [-0.3, -0.25) is 0 Å². The highest BCUT2D eigenvalue weighted by atomic mass is 79.9. The van der Waals surface area contributed by atoms with Crippen molar-refractivity contribution in [1.82, 2.24) is 9.97 Å². The maximum atomic E-state index is 5.82. The number of hydrogen-bond donors (Lipinski definition) is 1. The minimum absolute atomic E-state index is 0.412. The fourth-order valence-corrected chi connectivity index (χ4v) is 2.35. The van der Waals surface area contributed by atoms with E-state index in [1.807, 2.05) is 6.92 Å². The lowest BCUT2D eigenvalue weighted by molar-refractivity contribution is 0.549. The molecule has 2 rings (SSSR count). The van der Waals surface area contributed by atoms with E-state index in [1.165, 1.54) is 0 Å². The molecule has 0 unspecified atom stereocenters. The molecule has 4 nitrogen and oxygen atoms in total. The summed E-state index contributed by atoms with van der Waals surface area (Å²) >= 11 is 9.99. The van der Waals surface area contributed by atoms with E-state index < -0.39 is 0 Å². The summed E-state index contributed by atoms with van der Waals surface area (Å²) in [6.45, 7) is 2.00. The molecule has 2 N–H and O–H groups in total. The van der Waals surface area contributed by atoms with Crippen LogP contribution in [0.1, 0.15) is 12.6 Å². The third kappa shape index (κ3) is 2.56. The van der Waals surface area contributed by atoms with E-state index in [0.717, 1.165) is 21.1 Å². The average molecular weight is 426 g/mol. The number of hydrogen-bond acceptors (Lipinski definition) is 4. The summed E-state index contributed by atoms with van der Waals surface area (Å²) in [6.07, 6.45) is 0.767. The van der Waals surface area contributed by atoms with Gasteiger partial charge in [-0.15, -0.1) is 0 Å². The first-order chi connectivity index (χ1) is 8.02. The first-order valence-corrected chi connectivity index (χ1v) is 7.18. The lowest BCUT2D eigenvalue weighted by Gasteiger charge is -2.05. The molecule has 0 amide bonds. The van der Waals surface area contributed by atoms with Gasteiger partial charge < -0.3 is 10.2 Å². The minimum atomic E-state index is 0.412. The van der Waals surface area contributed by atoms with Crippen LogP contribution in [0.3, 0.4) is 0 Å². The number of aromatic nitrogens is 2. The van der Waals surface area contributed by atoms with Gasteiger partial charge in [0, 0.05) is 6.07 Å². The Kier molecular flexibility index (Phi) is 3.89. The monoisotopic (exact) mass is 423 g/mol. The fourth-order valence-electron chi connectivity index (χ4n) is 1.31. The van der Waals surface area contributed by atoms with Crippen molar-refractivity contribution < 1.29 is 4.42 Å². The molecule has 0 atom stereocenters. The van der Waals surface area contributed by atoms with Crippen molar-refractivity contribution in [2.24, 2.45) is 0 Å². The van der Waals surface area contributed by atoms with E-state index in [9.17, 15) is 0 Å². The zero-order valence-electron chi connectivity index (χ0n) is 8.80. The number of anilines is 1. The Labute approximate surface area is 123 Å². The molecule has 0 spiro atoms. The molecular weight excluding hydrogens is 418 g/mol. The number of nitrogens with zero attached hydrogens (tertiary/aromatic N) is 2. The first-order valence-electron chi connectivity index (χ1n) is 4.80. The van der Waals surface area contributed by atoms with Gasteiger partial charge >= 0.3 is 0 Å². The average Bonchev–Trinajstić information content (AvgIpc) is 2.63. The van der Waals surface area contributed by atoms with Crippen molar-refractivity contribution in [3.63, 3.8) is 0 Å². The second-order valence-electron chi connectivity index (χ2n) is 3.28. The second kappa shape index (κ2) is 5.07. The van der Waals surface area contributed by atoms with Gasteiger partial charge in [-0.25, -0.2) is 9.97 Å². The lowest BCUT2D eigenvalue weighted by atomic mass is 10.3.